The minimum atomic E-state index is 0. The van der Waals surface area contributed by atoms with Crippen LogP contribution in [0, 0.1) is 0 Å². The van der Waals surface area contributed by atoms with E-state index in [9.17, 15) is 0 Å². The van der Waals surface area contributed by atoms with Crippen molar-refractivity contribution in [2.24, 2.45) is 0 Å². The smallest absolute Gasteiger partial charge is 0.0780 e. The third kappa shape index (κ3) is 19.3. The number of halogens is 2. The van der Waals surface area contributed by atoms with Gasteiger partial charge >= 0.3 is 0 Å². The Kier molecular flexibility index (Phi) is 16.9. The third-order valence-corrected chi connectivity index (χ3v) is 3.77. The normalized spacial score (nSPS) is 11.3. The number of hydrogen-bond donors (Lipinski definition) is 0. The molecule has 0 saturated carbocycles. The Morgan fingerprint density at radius 1 is 0.611 bits per heavy atom. The van der Waals surface area contributed by atoms with E-state index in [0.717, 1.165) is 4.48 Å². The summed E-state index contributed by atoms with van der Waals surface area (Å²) in [5, 5.41) is 1.18. The summed E-state index contributed by atoms with van der Waals surface area (Å²) in [5.74, 6) is 0. The fourth-order valence-electron chi connectivity index (χ4n) is 2.09. The van der Waals surface area contributed by atoms with Gasteiger partial charge in [0.05, 0.1) is 27.7 Å². The van der Waals surface area contributed by atoms with Crippen molar-refractivity contribution in [2.45, 2.75) is 64.2 Å². The summed E-state index contributed by atoms with van der Waals surface area (Å²) in [6, 6.07) is 0. The summed E-state index contributed by atoms with van der Waals surface area (Å²) in [6.07, 6.45) is 14.3. The zero-order chi connectivity index (χ0) is 13.0. The zero-order valence-corrected chi connectivity index (χ0v) is 15.9. The quantitative estimate of drug-likeness (QED) is 0.273. The van der Waals surface area contributed by atoms with Crippen LogP contribution in [-0.4, -0.2) is 37.5 Å². The molecule has 0 aromatic heterocycles. The second kappa shape index (κ2) is 14.3. The molecule has 3 heteroatoms. The van der Waals surface area contributed by atoms with Gasteiger partial charge in [-0.1, -0.05) is 60.9 Å². The van der Waals surface area contributed by atoms with Crippen LogP contribution in [0.1, 0.15) is 64.2 Å². The predicted octanol–water partition coefficient (Wildman–Crippen LogP) is 1.99. The van der Waals surface area contributed by atoms with Crippen molar-refractivity contribution in [1.82, 2.24) is 0 Å². The molecule has 18 heavy (non-hydrogen) atoms. The minimum Gasteiger partial charge on any atom is -1.00 e. The molecule has 0 rings (SSSR count). The van der Waals surface area contributed by atoms with Crippen molar-refractivity contribution in [3.05, 3.63) is 0 Å². The fraction of sp³-hybridized carbons (Fsp3) is 1.00. The van der Waals surface area contributed by atoms with Gasteiger partial charge in [0.15, 0.2) is 0 Å². The molecule has 0 aromatic carbocycles. The van der Waals surface area contributed by atoms with Gasteiger partial charge < -0.3 is 21.5 Å². The lowest BCUT2D eigenvalue weighted by Crippen LogP contribution is -3.00. The first-order chi connectivity index (χ1) is 8.06. The maximum Gasteiger partial charge on any atom is 0.0780 e. The molecule has 112 valence electrons. The van der Waals surface area contributed by atoms with E-state index in [4.69, 9.17) is 0 Å². The molecule has 0 N–H and O–H groups in total. The van der Waals surface area contributed by atoms with E-state index in [-0.39, 0.29) is 17.0 Å². The molecule has 0 saturated heterocycles. The molecular formula is C15H33Br2N. The van der Waals surface area contributed by atoms with Gasteiger partial charge in [0.25, 0.3) is 0 Å². The fourth-order valence-corrected chi connectivity index (χ4v) is 2.49. The lowest BCUT2D eigenvalue weighted by molar-refractivity contribution is -0.870. The Bertz CT molecular complexity index is 155. The SMILES string of the molecule is C[N+](C)(C)CCCCCCCCCCCCBr.[Br-]. The maximum atomic E-state index is 3.48. The molecule has 0 amide bonds. The largest absolute Gasteiger partial charge is 1.00 e. The Labute approximate surface area is 134 Å². The summed E-state index contributed by atoms with van der Waals surface area (Å²) >= 11 is 3.48. The second-order valence-electron chi connectivity index (χ2n) is 6.24. The third-order valence-electron chi connectivity index (χ3n) is 3.21. The van der Waals surface area contributed by atoms with Crippen LogP contribution in [0.5, 0.6) is 0 Å². The Morgan fingerprint density at radius 3 is 1.28 bits per heavy atom. The molecule has 0 aliphatic heterocycles. The molecule has 1 nitrogen and oxygen atoms in total. The lowest BCUT2D eigenvalue weighted by Gasteiger charge is -2.23. The molecule has 0 heterocycles. The number of quaternary nitrogens is 1. The van der Waals surface area contributed by atoms with E-state index in [1.807, 2.05) is 0 Å². The summed E-state index contributed by atoms with van der Waals surface area (Å²) in [6.45, 7) is 1.33. The van der Waals surface area contributed by atoms with Crippen molar-refractivity contribution in [2.75, 3.05) is 33.0 Å². The molecular weight excluding hydrogens is 354 g/mol. The van der Waals surface area contributed by atoms with Gasteiger partial charge in [0.2, 0.25) is 0 Å². The monoisotopic (exact) mass is 385 g/mol. The van der Waals surface area contributed by atoms with Gasteiger partial charge in [-0.2, -0.15) is 0 Å². The van der Waals surface area contributed by atoms with Crippen LogP contribution in [0.4, 0.5) is 0 Å². The highest BCUT2D eigenvalue weighted by atomic mass is 79.9. The number of unbranched alkanes of at least 4 members (excludes halogenated alkanes) is 9. The average Bonchev–Trinajstić information content (AvgIpc) is 2.24. The van der Waals surface area contributed by atoms with Gasteiger partial charge in [-0.3, -0.25) is 0 Å². The highest BCUT2D eigenvalue weighted by Crippen LogP contribution is 2.11. The van der Waals surface area contributed by atoms with Gasteiger partial charge in [0, 0.05) is 5.33 Å². The molecule has 0 bridgehead atoms. The highest BCUT2D eigenvalue weighted by molar-refractivity contribution is 9.09. The van der Waals surface area contributed by atoms with Crippen LogP contribution in [0.25, 0.3) is 0 Å². The van der Waals surface area contributed by atoms with Crippen molar-refractivity contribution in [3.63, 3.8) is 0 Å². The van der Waals surface area contributed by atoms with Crippen LogP contribution in [0.2, 0.25) is 0 Å². The average molecular weight is 387 g/mol. The first-order valence-electron chi connectivity index (χ1n) is 7.43. The summed E-state index contributed by atoms with van der Waals surface area (Å²) in [4.78, 5) is 0. The molecule has 0 atom stereocenters. The number of nitrogens with zero attached hydrogens (tertiary/aromatic N) is 1. The van der Waals surface area contributed by atoms with Gasteiger partial charge in [-0.25, -0.2) is 0 Å². The van der Waals surface area contributed by atoms with Gasteiger partial charge in [-0.05, 0) is 19.3 Å². The Hall–Kier alpha value is 0.920. The first-order valence-corrected chi connectivity index (χ1v) is 8.55. The van der Waals surface area contributed by atoms with Crippen molar-refractivity contribution >= 4 is 15.9 Å². The molecule has 0 aliphatic rings. The van der Waals surface area contributed by atoms with Crippen molar-refractivity contribution < 1.29 is 21.5 Å². The van der Waals surface area contributed by atoms with Crippen LogP contribution in [0.3, 0.4) is 0 Å². The number of hydrogen-bond acceptors (Lipinski definition) is 0. The van der Waals surface area contributed by atoms with Crippen molar-refractivity contribution in [3.8, 4) is 0 Å². The van der Waals surface area contributed by atoms with E-state index in [1.54, 1.807) is 0 Å². The molecule has 0 radical (unpaired) electrons. The minimum absolute atomic E-state index is 0. The lowest BCUT2D eigenvalue weighted by atomic mass is 10.1. The van der Waals surface area contributed by atoms with E-state index in [1.165, 1.54) is 76.1 Å². The molecule has 0 fully saturated rings. The zero-order valence-electron chi connectivity index (χ0n) is 12.7. The number of alkyl halides is 1. The molecule has 0 aromatic rings. The van der Waals surface area contributed by atoms with Gasteiger partial charge in [0.1, 0.15) is 0 Å². The molecule has 0 unspecified atom stereocenters. The summed E-state index contributed by atoms with van der Waals surface area (Å²) in [7, 11) is 6.85. The maximum absolute atomic E-state index is 3.48. The van der Waals surface area contributed by atoms with E-state index >= 15 is 0 Å². The van der Waals surface area contributed by atoms with Crippen LogP contribution in [-0.2, 0) is 0 Å². The van der Waals surface area contributed by atoms with E-state index < -0.39 is 0 Å². The standard InChI is InChI=1S/C15H33BrN.BrH/c1-17(2,3)15-13-11-9-7-5-4-6-8-10-12-14-16;/h4-15H2,1-3H3;1H/q+1;/p-1. The highest BCUT2D eigenvalue weighted by Gasteiger charge is 2.04. The van der Waals surface area contributed by atoms with Crippen LogP contribution < -0.4 is 17.0 Å². The topological polar surface area (TPSA) is 0 Å². The second-order valence-corrected chi connectivity index (χ2v) is 7.03. The predicted molar refractivity (Wildman–Crippen MR) is 82.9 cm³/mol. The van der Waals surface area contributed by atoms with Gasteiger partial charge in [-0.15, -0.1) is 0 Å². The first kappa shape index (κ1) is 21.2. The van der Waals surface area contributed by atoms with Crippen molar-refractivity contribution in [1.29, 1.82) is 0 Å². The Morgan fingerprint density at radius 2 is 0.944 bits per heavy atom. The van der Waals surface area contributed by atoms with E-state index in [0.29, 0.717) is 0 Å². The summed E-state index contributed by atoms with van der Waals surface area (Å²) in [5.41, 5.74) is 0. The number of rotatable bonds is 12. The summed E-state index contributed by atoms with van der Waals surface area (Å²) < 4.78 is 1.12. The molecule has 0 aliphatic carbocycles. The van der Waals surface area contributed by atoms with Crippen LogP contribution in [0.15, 0.2) is 0 Å². The Balaban J connectivity index is 0. The molecule has 0 spiro atoms. The van der Waals surface area contributed by atoms with Crippen LogP contribution >= 0.6 is 15.9 Å². The van der Waals surface area contributed by atoms with E-state index in [2.05, 4.69) is 37.1 Å².